The van der Waals surface area contributed by atoms with E-state index in [1.165, 1.54) is 108 Å². The predicted octanol–water partition coefficient (Wildman–Crippen LogP) is 8.82. The van der Waals surface area contributed by atoms with Crippen LogP contribution in [-0.4, -0.2) is 5.54 Å². The number of rotatable bonds is 19. The Morgan fingerprint density at radius 1 is 0.607 bits per heavy atom. The van der Waals surface area contributed by atoms with Gasteiger partial charge in [0.2, 0.25) is 0 Å². The molecule has 0 heterocycles. The van der Waals surface area contributed by atoms with Crippen molar-refractivity contribution < 1.29 is 0 Å². The van der Waals surface area contributed by atoms with Crippen molar-refractivity contribution in [1.29, 1.82) is 0 Å². The zero-order valence-corrected chi connectivity index (χ0v) is 19.4. The van der Waals surface area contributed by atoms with Crippen molar-refractivity contribution in [2.24, 2.45) is 0 Å². The molecule has 1 aromatic carbocycles. The van der Waals surface area contributed by atoms with Crippen LogP contribution in [-0.2, 0) is 6.54 Å². The summed E-state index contributed by atoms with van der Waals surface area (Å²) in [5, 5.41) is 3.72. The lowest BCUT2D eigenvalue weighted by atomic mass is 9.95. The van der Waals surface area contributed by atoms with Crippen molar-refractivity contribution >= 4 is 0 Å². The van der Waals surface area contributed by atoms with E-state index in [0.717, 1.165) is 6.54 Å². The van der Waals surface area contributed by atoms with Gasteiger partial charge in [-0.1, -0.05) is 134 Å². The molecule has 0 aliphatic carbocycles. The fraction of sp³-hybridized carbons (Fsp3) is 0.778. The summed E-state index contributed by atoms with van der Waals surface area (Å²) in [6, 6.07) is 10.7. The lowest BCUT2D eigenvalue weighted by Crippen LogP contribution is -2.38. The van der Waals surface area contributed by atoms with Crippen LogP contribution in [0.25, 0.3) is 0 Å². The fourth-order valence-corrected chi connectivity index (χ4v) is 3.96. The van der Waals surface area contributed by atoms with E-state index in [9.17, 15) is 0 Å². The quantitative estimate of drug-likeness (QED) is 0.234. The molecule has 0 fully saturated rings. The summed E-state index contributed by atoms with van der Waals surface area (Å²) in [5.41, 5.74) is 1.62. The van der Waals surface area contributed by atoms with Crippen molar-refractivity contribution in [2.45, 2.75) is 136 Å². The number of hydrogen-bond donors (Lipinski definition) is 1. The Labute approximate surface area is 177 Å². The van der Waals surface area contributed by atoms with Gasteiger partial charge in [-0.05, 0) is 25.8 Å². The molecular weight excluding hydrogens is 338 g/mol. The van der Waals surface area contributed by atoms with Crippen LogP contribution >= 0.6 is 0 Å². The number of nitrogens with one attached hydrogen (secondary N) is 1. The van der Waals surface area contributed by atoms with Crippen molar-refractivity contribution in [3.8, 4) is 0 Å². The van der Waals surface area contributed by atoms with E-state index in [1.807, 2.05) is 0 Å². The van der Waals surface area contributed by atoms with Gasteiger partial charge in [0.25, 0.3) is 0 Å². The van der Waals surface area contributed by atoms with Gasteiger partial charge < -0.3 is 5.32 Å². The molecule has 0 amide bonds. The van der Waals surface area contributed by atoms with Gasteiger partial charge in [0.15, 0.2) is 0 Å². The zero-order valence-electron chi connectivity index (χ0n) is 19.4. The Hall–Kier alpha value is -0.820. The SMILES string of the molecule is CCCCCCCCCCCCCCCCCC(C)(C)NCc1ccccc1. The monoisotopic (exact) mass is 387 g/mol. The van der Waals surface area contributed by atoms with Crippen molar-refractivity contribution in [3.63, 3.8) is 0 Å². The van der Waals surface area contributed by atoms with Crippen LogP contribution in [0.4, 0.5) is 0 Å². The van der Waals surface area contributed by atoms with Crippen molar-refractivity contribution in [2.75, 3.05) is 0 Å². The smallest absolute Gasteiger partial charge is 0.0210 e. The summed E-state index contributed by atoms with van der Waals surface area (Å²) in [6.07, 6.45) is 22.9. The average molecular weight is 388 g/mol. The predicted molar refractivity (Wildman–Crippen MR) is 127 cm³/mol. The lowest BCUT2D eigenvalue weighted by Gasteiger charge is -2.26. The molecule has 0 aliphatic heterocycles. The third kappa shape index (κ3) is 15.1. The third-order valence-corrected chi connectivity index (χ3v) is 6.02. The van der Waals surface area contributed by atoms with E-state index >= 15 is 0 Å². The second-order valence-corrected chi connectivity index (χ2v) is 9.42. The largest absolute Gasteiger partial charge is 0.308 e. The molecular formula is C27H49N. The Balaban J connectivity index is 1.84. The average Bonchev–Trinajstić information content (AvgIpc) is 2.70. The molecule has 1 aromatic rings. The van der Waals surface area contributed by atoms with Gasteiger partial charge in [0, 0.05) is 12.1 Å². The molecule has 0 atom stereocenters. The molecule has 0 bridgehead atoms. The van der Waals surface area contributed by atoms with Gasteiger partial charge in [-0.25, -0.2) is 0 Å². The summed E-state index contributed by atoms with van der Waals surface area (Å²) in [4.78, 5) is 0. The maximum Gasteiger partial charge on any atom is 0.0210 e. The number of benzene rings is 1. The van der Waals surface area contributed by atoms with Crippen molar-refractivity contribution in [1.82, 2.24) is 5.32 Å². The highest BCUT2D eigenvalue weighted by Crippen LogP contribution is 2.17. The van der Waals surface area contributed by atoms with Crippen LogP contribution in [0.15, 0.2) is 30.3 Å². The lowest BCUT2D eigenvalue weighted by molar-refractivity contribution is 0.344. The first kappa shape index (κ1) is 25.2. The minimum Gasteiger partial charge on any atom is -0.308 e. The van der Waals surface area contributed by atoms with Gasteiger partial charge in [-0.15, -0.1) is 0 Å². The van der Waals surface area contributed by atoms with Gasteiger partial charge in [-0.2, -0.15) is 0 Å². The highest BCUT2D eigenvalue weighted by molar-refractivity contribution is 5.14. The van der Waals surface area contributed by atoms with Gasteiger partial charge >= 0.3 is 0 Å². The molecule has 0 aromatic heterocycles. The molecule has 28 heavy (non-hydrogen) atoms. The highest BCUT2D eigenvalue weighted by Gasteiger charge is 2.15. The van der Waals surface area contributed by atoms with E-state index in [-0.39, 0.29) is 5.54 Å². The molecule has 0 saturated heterocycles. The Morgan fingerprint density at radius 2 is 1.04 bits per heavy atom. The van der Waals surface area contributed by atoms with E-state index in [1.54, 1.807) is 0 Å². The van der Waals surface area contributed by atoms with Crippen molar-refractivity contribution in [3.05, 3.63) is 35.9 Å². The Kier molecular flexibility index (Phi) is 15.4. The van der Waals surface area contributed by atoms with Crippen LogP contribution in [0.5, 0.6) is 0 Å². The minimum absolute atomic E-state index is 0.242. The minimum atomic E-state index is 0.242. The molecule has 0 spiro atoms. The number of unbranched alkanes of at least 4 members (excludes halogenated alkanes) is 14. The molecule has 1 nitrogen and oxygen atoms in total. The normalized spacial score (nSPS) is 11.8. The topological polar surface area (TPSA) is 12.0 Å². The molecule has 0 radical (unpaired) electrons. The van der Waals surface area contributed by atoms with E-state index in [2.05, 4.69) is 56.4 Å². The van der Waals surface area contributed by atoms with Crippen LogP contribution in [0, 0.1) is 0 Å². The van der Waals surface area contributed by atoms with Gasteiger partial charge in [0.1, 0.15) is 0 Å². The second-order valence-electron chi connectivity index (χ2n) is 9.42. The molecule has 0 saturated carbocycles. The Morgan fingerprint density at radius 3 is 1.50 bits per heavy atom. The summed E-state index contributed by atoms with van der Waals surface area (Å²) in [7, 11) is 0. The van der Waals surface area contributed by atoms with Crippen LogP contribution in [0.2, 0.25) is 0 Å². The van der Waals surface area contributed by atoms with Gasteiger partial charge in [0.05, 0.1) is 0 Å². The molecule has 1 rings (SSSR count). The van der Waals surface area contributed by atoms with Crippen LogP contribution < -0.4 is 5.32 Å². The third-order valence-electron chi connectivity index (χ3n) is 6.02. The maximum absolute atomic E-state index is 3.72. The summed E-state index contributed by atoms with van der Waals surface area (Å²) in [5.74, 6) is 0. The maximum atomic E-state index is 3.72. The second kappa shape index (κ2) is 17.1. The zero-order chi connectivity index (χ0) is 20.3. The van der Waals surface area contributed by atoms with Crippen LogP contribution in [0.1, 0.15) is 129 Å². The van der Waals surface area contributed by atoms with Crippen LogP contribution in [0.3, 0.4) is 0 Å². The summed E-state index contributed by atoms with van der Waals surface area (Å²) >= 11 is 0. The standard InChI is InChI=1S/C27H49N/c1-4-5-6-7-8-9-10-11-12-13-14-15-16-17-21-24-27(2,3)28-25-26-22-19-18-20-23-26/h18-20,22-23,28H,4-17,21,24-25H2,1-3H3. The molecule has 0 aliphatic rings. The molecule has 1 heteroatoms. The Bertz CT molecular complexity index is 437. The summed E-state index contributed by atoms with van der Waals surface area (Å²) < 4.78 is 0. The summed E-state index contributed by atoms with van der Waals surface area (Å²) in [6.45, 7) is 7.97. The molecule has 0 unspecified atom stereocenters. The van der Waals surface area contributed by atoms with E-state index in [4.69, 9.17) is 0 Å². The fourth-order valence-electron chi connectivity index (χ4n) is 3.96. The van der Waals surface area contributed by atoms with E-state index < -0.39 is 0 Å². The first-order valence-corrected chi connectivity index (χ1v) is 12.4. The highest BCUT2D eigenvalue weighted by atomic mass is 14.9. The molecule has 162 valence electrons. The van der Waals surface area contributed by atoms with Gasteiger partial charge in [-0.3, -0.25) is 0 Å². The van der Waals surface area contributed by atoms with E-state index in [0.29, 0.717) is 0 Å². The molecule has 1 N–H and O–H groups in total. The first-order chi connectivity index (χ1) is 13.6. The number of hydrogen-bond acceptors (Lipinski definition) is 1. The first-order valence-electron chi connectivity index (χ1n) is 12.4.